The van der Waals surface area contributed by atoms with Gasteiger partial charge >= 0.3 is 6.18 Å². The van der Waals surface area contributed by atoms with E-state index in [-0.39, 0.29) is 23.4 Å². The van der Waals surface area contributed by atoms with Crippen LogP contribution in [0.2, 0.25) is 0 Å². The summed E-state index contributed by atoms with van der Waals surface area (Å²) in [5.41, 5.74) is 4.77. The van der Waals surface area contributed by atoms with Crippen molar-refractivity contribution >= 4 is 5.57 Å². The van der Waals surface area contributed by atoms with E-state index in [2.05, 4.69) is 6.58 Å². The highest BCUT2D eigenvalue weighted by atomic mass is 19.4. The summed E-state index contributed by atoms with van der Waals surface area (Å²) in [5.74, 6) is 0.154. The predicted molar refractivity (Wildman–Crippen MR) is 56.1 cm³/mol. The molecule has 0 spiro atoms. The molecule has 5 heteroatoms. The van der Waals surface area contributed by atoms with Crippen LogP contribution >= 0.6 is 0 Å². The van der Waals surface area contributed by atoms with Crippen LogP contribution in [0.5, 0.6) is 5.75 Å². The number of rotatable bonds is 3. The van der Waals surface area contributed by atoms with Crippen LogP contribution in [0, 0.1) is 0 Å². The predicted octanol–water partition coefficient (Wildman–Crippen LogP) is 2.69. The van der Waals surface area contributed by atoms with Gasteiger partial charge in [-0.1, -0.05) is 12.6 Å². The van der Waals surface area contributed by atoms with Gasteiger partial charge in [-0.25, -0.2) is 0 Å². The molecule has 0 fully saturated rings. The SMILES string of the molecule is C=C(CN)c1ccc(OC)cc1C(F)(F)F. The van der Waals surface area contributed by atoms with Crippen LogP contribution in [0.3, 0.4) is 0 Å². The van der Waals surface area contributed by atoms with E-state index >= 15 is 0 Å². The number of alkyl halides is 3. The molecule has 0 saturated heterocycles. The van der Waals surface area contributed by atoms with Crippen molar-refractivity contribution in [2.45, 2.75) is 6.18 Å². The minimum Gasteiger partial charge on any atom is -0.497 e. The topological polar surface area (TPSA) is 35.2 Å². The third kappa shape index (κ3) is 2.55. The summed E-state index contributed by atoms with van der Waals surface area (Å²) in [6.45, 7) is 3.49. The quantitative estimate of drug-likeness (QED) is 0.868. The number of hydrogen-bond donors (Lipinski definition) is 1. The fourth-order valence-corrected chi connectivity index (χ4v) is 1.30. The summed E-state index contributed by atoms with van der Waals surface area (Å²) >= 11 is 0. The summed E-state index contributed by atoms with van der Waals surface area (Å²) in [6, 6.07) is 3.71. The molecule has 1 aromatic rings. The van der Waals surface area contributed by atoms with E-state index < -0.39 is 11.7 Å². The Morgan fingerprint density at radius 3 is 2.50 bits per heavy atom. The average Bonchev–Trinajstić information content (AvgIpc) is 2.26. The molecule has 0 bridgehead atoms. The maximum atomic E-state index is 12.7. The van der Waals surface area contributed by atoms with Crippen LogP contribution in [-0.2, 0) is 6.18 Å². The van der Waals surface area contributed by atoms with E-state index in [9.17, 15) is 13.2 Å². The van der Waals surface area contributed by atoms with Gasteiger partial charge in [0.25, 0.3) is 0 Å². The Balaban J connectivity index is 3.33. The summed E-state index contributed by atoms with van der Waals surface area (Å²) in [5, 5.41) is 0. The zero-order chi connectivity index (χ0) is 12.3. The highest BCUT2D eigenvalue weighted by Gasteiger charge is 2.34. The normalized spacial score (nSPS) is 11.3. The van der Waals surface area contributed by atoms with Crippen molar-refractivity contribution in [3.63, 3.8) is 0 Å². The van der Waals surface area contributed by atoms with Crippen molar-refractivity contribution in [3.05, 3.63) is 35.9 Å². The number of hydrogen-bond acceptors (Lipinski definition) is 2. The number of benzene rings is 1. The molecule has 88 valence electrons. The maximum absolute atomic E-state index is 12.7. The molecule has 0 radical (unpaired) electrons. The second-order valence-corrected chi connectivity index (χ2v) is 3.22. The molecule has 0 unspecified atom stereocenters. The molecule has 0 aliphatic carbocycles. The largest absolute Gasteiger partial charge is 0.497 e. The standard InChI is InChI=1S/C11H12F3NO/c1-7(6-15)9-4-3-8(16-2)5-10(9)11(12,13)14/h3-5H,1,6,15H2,2H3. The molecular weight excluding hydrogens is 219 g/mol. The molecule has 0 heterocycles. The Morgan fingerprint density at radius 2 is 2.06 bits per heavy atom. The number of nitrogens with two attached hydrogens (primary N) is 1. The first-order valence-electron chi connectivity index (χ1n) is 4.53. The van der Waals surface area contributed by atoms with Crippen molar-refractivity contribution in [1.29, 1.82) is 0 Å². The van der Waals surface area contributed by atoms with Gasteiger partial charge in [0.1, 0.15) is 5.75 Å². The lowest BCUT2D eigenvalue weighted by Gasteiger charge is -2.15. The van der Waals surface area contributed by atoms with Crippen molar-refractivity contribution in [2.24, 2.45) is 5.73 Å². The molecule has 0 aliphatic rings. The Bertz CT molecular complexity index is 399. The van der Waals surface area contributed by atoms with Crippen molar-refractivity contribution in [1.82, 2.24) is 0 Å². The highest BCUT2D eigenvalue weighted by molar-refractivity contribution is 5.68. The van der Waals surface area contributed by atoms with Gasteiger partial charge in [0.15, 0.2) is 0 Å². The highest BCUT2D eigenvalue weighted by Crippen LogP contribution is 2.36. The van der Waals surface area contributed by atoms with E-state index in [4.69, 9.17) is 10.5 Å². The summed E-state index contributed by atoms with van der Waals surface area (Å²) < 4.78 is 42.9. The van der Waals surface area contributed by atoms with Crippen LogP contribution in [-0.4, -0.2) is 13.7 Å². The number of methoxy groups -OCH3 is 1. The van der Waals surface area contributed by atoms with Gasteiger partial charge in [0, 0.05) is 6.54 Å². The van der Waals surface area contributed by atoms with Crippen LogP contribution in [0.4, 0.5) is 13.2 Å². The molecule has 0 saturated carbocycles. The zero-order valence-electron chi connectivity index (χ0n) is 8.77. The van der Waals surface area contributed by atoms with Crippen LogP contribution in [0.1, 0.15) is 11.1 Å². The summed E-state index contributed by atoms with van der Waals surface area (Å²) in [6.07, 6.45) is -4.44. The summed E-state index contributed by atoms with van der Waals surface area (Å²) in [4.78, 5) is 0. The smallest absolute Gasteiger partial charge is 0.417 e. The lowest BCUT2D eigenvalue weighted by Crippen LogP contribution is -2.11. The number of ether oxygens (including phenoxy) is 1. The van der Waals surface area contributed by atoms with Crippen LogP contribution in [0.15, 0.2) is 24.8 Å². The Hall–Kier alpha value is -1.49. The molecule has 1 rings (SSSR count). The second kappa shape index (κ2) is 4.57. The second-order valence-electron chi connectivity index (χ2n) is 3.22. The van der Waals surface area contributed by atoms with Crippen molar-refractivity contribution in [2.75, 3.05) is 13.7 Å². The molecule has 16 heavy (non-hydrogen) atoms. The van der Waals surface area contributed by atoms with E-state index in [0.717, 1.165) is 6.07 Å². The van der Waals surface area contributed by atoms with Gasteiger partial charge in [-0.2, -0.15) is 13.2 Å². The van der Waals surface area contributed by atoms with Gasteiger partial charge in [0.05, 0.1) is 12.7 Å². The molecule has 0 amide bonds. The molecule has 0 aromatic heterocycles. The molecule has 0 atom stereocenters. The minimum atomic E-state index is -4.44. The Kier molecular flexibility index (Phi) is 3.59. The average molecular weight is 231 g/mol. The molecule has 2 nitrogen and oxygen atoms in total. The maximum Gasteiger partial charge on any atom is 0.417 e. The zero-order valence-corrected chi connectivity index (χ0v) is 8.77. The third-order valence-corrected chi connectivity index (χ3v) is 2.16. The van der Waals surface area contributed by atoms with Gasteiger partial charge in [0.2, 0.25) is 0 Å². The molecule has 1 aromatic carbocycles. The first-order chi connectivity index (χ1) is 7.40. The van der Waals surface area contributed by atoms with E-state index in [0.29, 0.717) is 0 Å². The van der Waals surface area contributed by atoms with Crippen molar-refractivity contribution in [3.8, 4) is 5.75 Å². The molecular formula is C11H12F3NO. The monoisotopic (exact) mass is 231 g/mol. The summed E-state index contributed by atoms with van der Waals surface area (Å²) in [7, 11) is 1.31. The lowest BCUT2D eigenvalue weighted by molar-refractivity contribution is -0.137. The van der Waals surface area contributed by atoms with Crippen molar-refractivity contribution < 1.29 is 17.9 Å². The Labute approximate surface area is 91.5 Å². The van der Waals surface area contributed by atoms with Gasteiger partial charge < -0.3 is 10.5 Å². The van der Waals surface area contributed by atoms with Crippen LogP contribution < -0.4 is 10.5 Å². The van der Waals surface area contributed by atoms with E-state index in [1.165, 1.54) is 19.2 Å². The minimum absolute atomic E-state index is 0.0100. The van der Waals surface area contributed by atoms with Gasteiger partial charge in [-0.05, 0) is 23.3 Å². The van der Waals surface area contributed by atoms with E-state index in [1.54, 1.807) is 0 Å². The molecule has 0 aliphatic heterocycles. The first kappa shape index (κ1) is 12.6. The lowest BCUT2D eigenvalue weighted by atomic mass is 10.00. The van der Waals surface area contributed by atoms with Crippen LogP contribution in [0.25, 0.3) is 5.57 Å². The third-order valence-electron chi connectivity index (χ3n) is 2.16. The van der Waals surface area contributed by atoms with E-state index in [1.807, 2.05) is 0 Å². The fourth-order valence-electron chi connectivity index (χ4n) is 1.30. The first-order valence-corrected chi connectivity index (χ1v) is 4.53. The Morgan fingerprint density at radius 1 is 1.44 bits per heavy atom. The molecule has 2 N–H and O–H groups in total. The fraction of sp³-hybridized carbons (Fsp3) is 0.273. The van der Waals surface area contributed by atoms with Gasteiger partial charge in [-0.3, -0.25) is 0 Å². The van der Waals surface area contributed by atoms with Gasteiger partial charge in [-0.15, -0.1) is 0 Å². The number of halogens is 3.